The summed E-state index contributed by atoms with van der Waals surface area (Å²) < 4.78 is 0. The van der Waals surface area contributed by atoms with E-state index in [1.165, 1.54) is 0 Å². The van der Waals surface area contributed by atoms with Crippen LogP contribution in [-0.2, 0) is 9.59 Å². The molecular weight excluding hydrogens is 318 g/mol. The predicted molar refractivity (Wildman–Crippen MR) is 97.2 cm³/mol. The number of rotatable bonds is 4. The van der Waals surface area contributed by atoms with Gasteiger partial charge in [-0.05, 0) is 46.8 Å². The lowest BCUT2D eigenvalue weighted by Gasteiger charge is -2.31. The van der Waals surface area contributed by atoms with Crippen molar-refractivity contribution in [2.24, 2.45) is 5.92 Å². The van der Waals surface area contributed by atoms with E-state index in [1.54, 1.807) is 29.2 Å². The molecule has 1 atom stereocenters. The third-order valence-corrected chi connectivity index (χ3v) is 4.15. The van der Waals surface area contributed by atoms with Crippen LogP contribution in [0.3, 0.4) is 0 Å². The van der Waals surface area contributed by atoms with E-state index in [2.05, 4.69) is 10.6 Å². The average Bonchev–Trinajstić information content (AvgIpc) is 2.89. The van der Waals surface area contributed by atoms with Gasteiger partial charge in [-0.25, -0.2) is 0 Å². The molecular formula is C19H27N3O3. The number of amides is 3. The topological polar surface area (TPSA) is 78.5 Å². The molecule has 6 nitrogen and oxygen atoms in total. The molecule has 2 N–H and O–H groups in total. The van der Waals surface area contributed by atoms with Gasteiger partial charge in [0, 0.05) is 24.5 Å². The summed E-state index contributed by atoms with van der Waals surface area (Å²) in [6.45, 7) is 10.0. The second kappa shape index (κ2) is 7.25. The maximum Gasteiger partial charge on any atom is 0.253 e. The van der Waals surface area contributed by atoms with E-state index >= 15 is 0 Å². The zero-order valence-electron chi connectivity index (χ0n) is 15.6. The van der Waals surface area contributed by atoms with Crippen LogP contribution in [0.2, 0.25) is 0 Å². The highest BCUT2D eigenvalue weighted by Crippen LogP contribution is 2.27. The van der Waals surface area contributed by atoms with E-state index < -0.39 is 5.92 Å². The van der Waals surface area contributed by atoms with Crippen LogP contribution < -0.4 is 10.6 Å². The van der Waals surface area contributed by atoms with Gasteiger partial charge in [-0.2, -0.15) is 0 Å². The van der Waals surface area contributed by atoms with Crippen LogP contribution in [0.5, 0.6) is 0 Å². The van der Waals surface area contributed by atoms with Crippen molar-refractivity contribution < 1.29 is 14.4 Å². The van der Waals surface area contributed by atoms with Crippen molar-refractivity contribution in [1.29, 1.82) is 0 Å². The molecule has 1 heterocycles. The highest BCUT2D eigenvalue weighted by molar-refractivity contribution is 6.05. The second-order valence-corrected chi connectivity index (χ2v) is 7.74. The average molecular weight is 345 g/mol. The summed E-state index contributed by atoms with van der Waals surface area (Å²) in [6, 6.07) is 6.90. The van der Waals surface area contributed by atoms with Crippen molar-refractivity contribution in [2.45, 2.75) is 52.6 Å². The Labute approximate surface area is 149 Å². The molecule has 1 saturated heterocycles. The lowest BCUT2D eigenvalue weighted by molar-refractivity contribution is -0.131. The van der Waals surface area contributed by atoms with Crippen LogP contribution in [0.4, 0.5) is 5.69 Å². The van der Waals surface area contributed by atoms with Gasteiger partial charge in [0.1, 0.15) is 0 Å². The Morgan fingerprint density at radius 1 is 1.20 bits per heavy atom. The maximum atomic E-state index is 12.6. The molecule has 1 aromatic carbocycles. The Morgan fingerprint density at radius 2 is 1.84 bits per heavy atom. The van der Waals surface area contributed by atoms with Crippen LogP contribution in [0.25, 0.3) is 0 Å². The van der Waals surface area contributed by atoms with Gasteiger partial charge >= 0.3 is 0 Å². The number of carbonyl (C=O) groups excluding carboxylic acids is 3. The highest BCUT2D eigenvalue weighted by atomic mass is 16.2. The Kier molecular flexibility index (Phi) is 5.50. The van der Waals surface area contributed by atoms with E-state index in [1.807, 2.05) is 34.6 Å². The number of likely N-dealkylation sites (tertiary alicyclic amines) is 1. The second-order valence-electron chi connectivity index (χ2n) is 7.74. The molecule has 1 aliphatic rings. The number of benzene rings is 1. The summed E-state index contributed by atoms with van der Waals surface area (Å²) in [6.07, 6.45) is 0.198. The molecule has 136 valence electrons. The Bertz CT molecular complexity index is 677. The standard InChI is InChI=1S/C19H27N3O3/c1-12(2)20-18(25)14-8-6-7-9-15(14)21-17(24)13-10-16(23)22(11-13)19(3,4)5/h6-9,12-13H,10-11H2,1-5H3,(H,20,25)(H,21,24)/t13-/m0/s1. The Morgan fingerprint density at radius 3 is 2.40 bits per heavy atom. The largest absolute Gasteiger partial charge is 0.350 e. The normalized spacial score (nSPS) is 17.8. The summed E-state index contributed by atoms with van der Waals surface area (Å²) in [5.74, 6) is -0.888. The van der Waals surface area contributed by atoms with Gasteiger partial charge in [0.05, 0.1) is 17.2 Å². The minimum atomic E-state index is -0.409. The first-order chi connectivity index (χ1) is 11.6. The van der Waals surface area contributed by atoms with Crippen molar-refractivity contribution in [3.05, 3.63) is 29.8 Å². The number of hydrogen-bond donors (Lipinski definition) is 2. The first-order valence-electron chi connectivity index (χ1n) is 8.61. The predicted octanol–water partition coefficient (Wildman–Crippen LogP) is 2.41. The van der Waals surface area contributed by atoms with Crippen molar-refractivity contribution >= 4 is 23.4 Å². The number of anilines is 1. The van der Waals surface area contributed by atoms with E-state index in [9.17, 15) is 14.4 Å². The monoisotopic (exact) mass is 345 g/mol. The minimum absolute atomic E-state index is 0.00375. The molecule has 0 saturated carbocycles. The lowest BCUT2D eigenvalue weighted by atomic mass is 10.1. The lowest BCUT2D eigenvalue weighted by Crippen LogP contribution is -2.42. The summed E-state index contributed by atoms with van der Waals surface area (Å²) >= 11 is 0. The summed E-state index contributed by atoms with van der Waals surface area (Å²) in [5.41, 5.74) is 0.579. The van der Waals surface area contributed by atoms with Gasteiger partial charge in [-0.15, -0.1) is 0 Å². The molecule has 0 radical (unpaired) electrons. The molecule has 25 heavy (non-hydrogen) atoms. The minimum Gasteiger partial charge on any atom is -0.350 e. The third kappa shape index (κ3) is 4.59. The van der Waals surface area contributed by atoms with Crippen LogP contribution >= 0.6 is 0 Å². The third-order valence-electron chi connectivity index (χ3n) is 4.15. The smallest absolute Gasteiger partial charge is 0.253 e. The van der Waals surface area contributed by atoms with E-state index in [4.69, 9.17) is 0 Å². The van der Waals surface area contributed by atoms with Crippen molar-refractivity contribution in [1.82, 2.24) is 10.2 Å². The molecule has 1 fully saturated rings. The molecule has 0 unspecified atom stereocenters. The van der Waals surface area contributed by atoms with E-state index in [0.29, 0.717) is 17.8 Å². The zero-order valence-corrected chi connectivity index (χ0v) is 15.6. The zero-order chi connectivity index (χ0) is 18.8. The molecule has 1 aromatic rings. The molecule has 0 bridgehead atoms. The van der Waals surface area contributed by atoms with E-state index in [0.717, 1.165) is 0 Å². The van der Waals surface area contributed by atoms with Gasteiger partial charge < -0.3 is 15.5 Å². The quantitative estimate of drug-likeness (QED) is 0.879. The fourth-order valence-corrected chi connectivity index (χ4v) is 2.90. The molecule has 1 aliphatic heterocycles. The SMILES string of the molecule is CC(C)NC(=O)c1ccccc1NC(=O)[C@H]1CC(=O)N(C(C)(C)C)C1. The van der Waals surface area contributed by atoms with Crippen LogP contribution in [-0.4, -0.2) is 40.7 Å². The van der Waals surface area contributed by atoms with Gasteiger partial charge in [0.2, 0.25) is 11.8 Å². The molecule has 0 aromatic heterocycles. The van der Waals surface area contributed by atoms with Crippen LogP contribution in [0, 0.1) is 5.92 Å². The fraction of sp³-hybridized carbons (Fsp3) is 0.526. The van der Waals surface area contributed by atoms with Crippen molar-refractivity contribution in [3.8, 4) is 0 Å². The summed E-state index contributed by atoms with van der Waals surface area (Å²) in [7, 11) is 0. The number of nitrogens with zero attached hydrogens (tertiary/aromatic N) is 1. The number of hydrogen-bond acceptors (Lipinski definition) is 3. The number of nitrogens with one attached hydrogen (secondary N) is 2. The summed E-state index contributed by atoms with van der Waals surface area (Å²) in [5, 5.41) is 5.64. The van der Waals surface area contributed by atoms with Gasteiger partial charge in [-0.3, -0.25) is 14.4 Å². The highest BCUT2D eigenvalue weighted by Gasteiger charge is 2.39. The Hall–Kier alpha value is -2.37. The molecule has 3 amide bonds. The first-order valence-corrected chi connectivity index (χ1v) is 8.61. The molecule has 0 spiro atoms. The first kappa shape index (κ1) is 19.0. The summed E-state index contributed by atoms with van der Waals surface area (Å²) in [4.78, 5) is 38.8. The van der Waals surface area contributed by atoms with E-state index in [-0.39, 0.29) is 35.7 Å². The van der Waals surface area contributed by atoms with Crippen LogP contribution in [0.1, 0.15) is 51.4 Å². The van der Waals surface area contributed by atoms with Crippen molar-refractivity contribution in [2.75, 3.05) is 11.9 Å². The van der Waals surface area contributed by atoms with Crippen molar-refractivity contribution in [3.63, 3.8) is 0 Å². The number of carbonyl (C=O) groups is 3. The number of para-hydroxylation sites is 1. The maximum absolute atomic E-state index is 12.6. The molecule has 0 aliphatic carbocycles. The van der Waals surface area contributed by atoms with Crippen LogP contribution in [0.15, 0.2) is 24.3 Å². The Balaban J connectivity index is 2.12. The molecule has 2 rings (SSSR count). The molecule has 6 heteroatoms. The fourth-order valence-electron chi connectivity index (χ4n) is 2.90. The van der Waals surface area contributed by atoms with Gasteiger partial charge in [-0.1, -0.05) is 12.1 Å². The van der Waals surface area contributed by atoms with Gasteiger partial charge in [0.15, 0.2) is 0 Å². The van der Waals surface area contributed by atoms with Gasteiger partial charge in [0.25, 0.3) is 5.91 Å².